The molecule has 0 radical (unpaired) electrons. The molecule has 0 bridgehead atoms. The average Bonchev–Trinajstić information content (AvgIpc) is 3.01. The van der Waals surface area contributed by atoms with Crippen LogP contribution in [-0.2, 0) is 16.0 Å². The number of nitrogens with zero attached hydrogens (tertiary/aromatic N) is 1. The summed E-state index contributed by atoms with van der Waals surface area (Å²) in [6.45, 7) is 5.78. The number of para-hydroxylation sites is 1. The van der Waals surface area contributed by atoms with Crippen molar-refractivity contribution in [3.63, 3.8) is 0 Å². The van der Waals surface area contributed by atoms with Gasteiger partial charge < -0.3 is 10.5 Å². The maximum atomic E-state index is 12.9. The molecule has 0 unspecified atom stereocenters. The molecule has 142 valence electrons. The van der Waals surface area contributed by atoms with E-state index in [4.69, 9.17) is 22.1 Å². The van der Waals surface area contributed by atoms with E-state index in [0.29, 0.717) is 22.9 Å². The van der Waals surface area contributed by atoms with Crippen molar-refractivity contribution in [2.45, 2.75) is 39.2 Å². The molecule has 2 aromatic rings. The minimum absolute atomic E-state index is 0.182. The van der Waals surface area contributed by atoms with Crippen LogP contribution in [0, 0.1) is 6.92 Å². The average molecular weight is 387 g/mol. The number of carbonyl (C=O) groups excluding carboxylic acids is 2. The summed E-state index contributed by atoms with van der Waals surface area (Å²) >= 11 is 6.22. The molecular formula is C21H23ClN2O3. The Kier molecular flexibility index (Phi) is 5.42. The second-order valence-corrected chi connectivity index (χ2v) is 7.50. The summed E-state index contributed by atoms with van der Waals surface area (Å²) in [5.41, 5.74) is 8.99. The fourth-order valence-electron chi connectivity index (χ4n) is 3.38. The number of hydrogen-bond donors (Lipinski definition) is 1. The number of benzene rings is 2. The molecule has 5 nitrogen and oxygen atoms in total. The van der Waals surface area contributed by atoms with Crippen LogP contribution in [0.3, 0.4) is 0 Å². The number of nitrogens with two attached hydrogens (primary N) is 1. The van der Waals surface area contributed by atoms with Gasteiger partial charge in [0.25, 0.3) is 5.91 Å². The van der Waals surface area contributed by atoms with Crippen LogP contribution in [0.5, 0.6) is 5.75 Å². The molecule has 0 saturated carbocycles. The van der Waals surface area contributed by atoms with E-state index in [1.165, 1.54) is 4.90 Å². The topological polar surface area (TPSA) is 72.6 Å². The molecule has 3 rings (SSSR count). The third-order valence-corrected chi connectivity index (χ3v) is 5.24. The molecule has 27 heavy (non-hydrogen) atoms. The molecule has 0 fully saturated rings. The van der Waals surface area contributed by atoms with Crippen LogP contribution in [0.1, 0.15) is 36.5 Å². The molecule has 1 aliphatic rings. The quantitative estimate of drug-likeness (QED) is 0.853. The number of hydrogen-bond acceptors (Lipinski definition) is 3. The minimum atomic E-state index is -0.685. The van der Waals surface area contributed by atoms with E-state index >= 15 is 0 Å². The number of anilines is 1. The highest BCUT2D eigenvalue weighted by Gasteiger charge is 2.37. The molecule has 2 aromatic carbocycles. The van der Waals surface area contributed by atoms with Crippen molar-refractivity contribution in [3.8, 4) is 5.75 Å². The normalized spacial score (nSPS) is 15.7. The summed E-state index contributed by atoms with van der Waals surface area (Å²) < 4.78 is 5.85. The number of fused-ring (bicyclic) bond motifs is 1. The summed E-state index contributed by atoms with van der Waals surface area (Å²) in [4.78, 5) is 26.2. The summed E-state index contributed by atoms with van der Waals surface area (Å²) in [6.07, 6.45) is 0.425. The number of carbonyl (C=O) groups is 2. The zero-order valence-electron chi connectivity index (χ0n) is 15.7. The lowest BCUT2D eigenvalue weighted by Gasteiger charge is -2.24. The lowest BCUT2D eigenvalue weighted by Crippen LogP contribution is -2.47. The van der Waals surface area contributed by atoms with Gasteiger partial charge in [-0.15, -0.1) is 0 Å². The fourth-order valence-corrected chi connectivity index (χ4v) is 3.55. The Balaban J connectivity index is 1.84. The van der Waals surface area contributed by atoms with Crippen LogP contribution in [0.25, 0.3) is 0 Å². The second-order valence-electron chi connectivity index (χ2n) is 7.10. The number of ether oxygens (including phenoxy) is 1. The van der Waals surface area contributed by atoms with Crippen LogP contribution >= 0.6 is 11.6 Å². The van der Waals surface area contributed by atoms with Crippen molar-refractivity contribution in [2.24, 2.45) is 5.73 Å². The Morgan fingerprint density at radius 3 is 2.67 bits per heavy atom. The Morgan fingerprint density at radius 2 is 2.00 bits per heavy atom. The first kappa shape index (κ1) is 19.2. The first-order chi connectivity index (χ1) is 12.8. The van der Waals surface area contributed by atoms with Gasteiger partial charge in [-0.2, -0.15) is 0 Å². The molecule has 6 heteroatoms. The Morgan fingerprint density at radius 1 is 1.30 bits per heavy atom. The van der Waals surface area contributed by atoms with Crippen molar-refractivity contribution >= 4 is 29.1 Å². The van der Waals surface area contributed by atoms with Crippen molar-refractivity contribution in [1.29, 1.82) is 0 Å². The Bertz CT molecular complexity index is 895. The number of rotatable bonds is 5. The molecule has 1 atom stereocenters. The molecule has 0 saturated heterocycles. The summed E-state index contributed by atoms with van der Waals surface area (Å²) in [5, 5.41) is 0.666. The van der Waals surface area contributed by atoms with Gasteiger partial charge in [0.05, 0.1) is 0 Å². The van der Waals surface area contributed by atoms with Crippen molar-refractivity contribution in [1.82, 2.24) is 0 Å². The van der Waals surface area contributed by atoms with E-state index in [0.717, 1.165) is 16.7 Å². The Labute approximate surface area is 164 Å². The highest BCUT2D eigenvalue weighted by molar-refractivity contribution is 6.31. The standard InChI is InChI=1S/C21H23ClN2O3/c1-12(2)15-10-16(22)13(3)8-19(15)27-11-20(25)24-17-7-5-4-6-14(17)9-18(24)21(23)26/h4-8,10,12,18H,9,11H2,1-3H3,(H2,23,26)/t18-/m0/s1. The molecule has 1 heterocycles. The van der Waals surface area contributed by atoms with E-state index in [1.54, 1.807) is 0 Å². The SMILES string of the molecule is Cc1cc(OCC(=O)N2c3ccccc3C[C@H]2C(N)=O)c(C(C)C)cc1Cl. The fraction of sp³-hybridized carbons (Fsp3) is 0.333. The van der Waals surface area contributed by atoms with Crippen LogP contribution in [0.15, 0.2) is 36.4 Å². The van der Waals surface area contributed by atoms with Gasteiger partial charge in [-0.05, 0) is 47.7 Å². The predicted molar refractivity (Wildman–Crippen MR) is 106 cm³/mol. The highest BCUT2D eigenvalue weighted by atomic mass is 35.5. The molecule has 2 amide bonds. The lowest BCUT2D eigenvalue weighted by molar-refractivity contribution is -0.125. The van der Waals surface area contributed by atoms with Crippen LogP contribution in [-0.4, -0.2) is 24.5 Å². The minimum Gasteiger partial charge on any atom is -0.483 e. The lowest BCUT2D eigenvalue weighted by atomic mass is 10.0. The predicted octanol–water partition coefficient (Wildman–Crippen LogP) is 3.59. The van der Waals surface area contributed by atoms with Gasteiger partial charge in [0.1, 0.15) is 11.8 Å². The van der Waals surface area contributed by atoms with Crippen LogP contribution < -0.4 is 15.4 Å². The summed E-state index contributed by atoms with van der Waals surface area (Å²) in [6, 6.07) is 10.5. The Hall–Kier alpha value is -2.53. The summed E-state index contributed by atoms with van der Waals surface area (Å²) in [5.74, 6) is -0.00161. The van der Waals surface area contributed by atoms with E-state index in [-0.39, 0.29) is 18.4 Å². The molecule has 2 N–H and O–H groups in total. The summed E-state index contributed by atoms with van der Waals surface area (Å²) in [7, 11) is 0. The van der Waals surface area contributed by atoms with Crippen molar-refractivity contribution < 1.29 is 14.3 Å². The maximum Gasteiger partial charge on any atom is 0.265 e. The monoisotopic (exact) mass is 386 g/mol. The zero-order chi connectivity index (χ0) is 19.7. The zero-order valence-corrected chi connectivity index (χ0v) is 16.4. The van der Waals surface area contributed by atoms with Crippen molar-refractivity contribution in [2.75, 3.05) is 11.5 Å². The molecule has 0 spiro atoms. The van der Waals surface area contributed by atoms with Gasteiger partial charge in [0.2, 0.25) is 5.91 Å². The maximum absolute atomic E-state index is 12.9. The molecule has 0 aliphatic carbocycles. The van der Waals surface area contributed by atoms with E-state index < -0.39 is 11.9 Å². The number of aryl methyl sites for hydroxylation is 1. The van der Waals surface area contributed by atoms with Gasteiger partial charge in [0.15, 0.2) is 6.61 Å². The van der Waals surface area contributed by atoms with Crippen LogP contribution in [0.4, 0.5) is 5.69 Å². The molecule has 1 aliphatic heterocycles. The third kappa shape index (κ3) is 3.78. The van der Waals surface area contributed by atoms with Gasteiger partial charge >= 0.3 is 0 Å². The first-order valence-corrected chi connectivity index (χ1v) is 9.29. The van der Waals surface area contributed by atoms with E-state index in [9.17, 15) is 9.59 Å². The highest BCUT2D eigenvalue weighted by Crippen LogP contribution is 2.34. The number of halogens is 1. The smallest absolute Gasteiger partial charge is 0.265 e. The van der Waals surface area contributed by atoms with Crippen LogP contribution in [0.2, 0.25) is 5.02 Å². The molecule has 0 aromatic heterocycles. The van der Waals surface area contributed by atoms with Gasteiger partial charge in [-0.25, -0.2) is 0 Å². The molecular weight excluding hydrogens is 364 g/mol. The number of primary amides is 1. The van der Waals surface area contributed by atoms with Gasteiger partial charge in [-0.3, -0.25) is 14.5 Å². The number of amides is 2. The van der Waals surface area contributed by atoms with Crippen molar-refractivity contribution in [3.05, 3.63) is 58.1 Å². The largest absolute Gasteiger partial charge is 0.483 e. The second kappa shape index (κ2) is 7.61. The van der Waals surface area contributed by atoms with E-state index in [1.807, 2.05) is 57.2 Å². The first-order valence-electron chi connectivity index (χ1n) is 8.91. The van der Waals surface area contributed by atoms with Gasteiger partial charge in [-0.1, -0.05) is 43.6 Å². The van der Waals surface area contributed by atoms with E-state index in [2.05, 4.69) is 0 Å². The third-order valence-electron chi connectivity index (χ3n) is 4.84. The van der Waals surface area contributed by atoms with Gasteiger partial charge in [0, 0.05) is 17.1 Å².